The highest BCUT2D eigenvalue weighted by atomic mass is 15.1. The predicted octanol–water partition coefficient (Wildman–Crippen LogP) is 2.57. The Balaban J connectivity index is 2.40. The van der Waals surface area contributed by atoms with E-state index in [2.05, 4.69) is 20.6 Å². The summed E-state index contributed by atoms with van der Waals surface area (Å²) in [5, 5.41) is 24.2. The molecule has 0 saturated carbocycles. The molecule has 6 heteroatoms. The Kier molecular flexibility index (Phi) is 4.33. The molecule has 0 aliphatic carbocycles. The summed E-state index contributed by atoms with van der Waals surface area (Å²) in [6, 6.07) is 9.01. The van der Waals surface area contributed by atoms with E-state index in [4.69, 9.17) is 10.5 Å². The van der Waals surface area contributed by atoms with E-state index in [0.29, 0.717) is 22.6 Å². The van der Waals surface area contributed by atoms with Crippen molar-refractivity contribution in [1.82, 2.24) is 9.97 Å². The van der Waals surface area contributed by atoms with Gasteiger partial charge >= 0.3 is 0 Å². The van der Waals surface area contributed by atoms with Crippen molar-refractivity contribution in [3.05, 3.63) is 41.2 Å². The number of aromatic nitrogens is 2. The fourth-order valence-electron chi connectivity index (χ4n) is 2.02. The van der Waals surface area contributed by atoms with Gasteiger partial charge in [-0.15, -0.1) is 0 Å². The lowest BCUT2D eigenvalue weighted by Crippen LogP contribution is -2.05. The van der Waals surface area contributed by atoms with E-state index < -0.39 is 0 Å². The molecule has 0 atom stereocenters. The van der Waals surface area contributed by atoms with Gasteiger partial charge in [0.25, 0.3) is 0 Å². The van der Waals surface area contributed by atoms with Gasteiger partial charge < -0.3 is 10.6 Å². The molecule has 0 bridgehead atoms. The van der Waals surface area contributed by atoms with Gasteiger partial charge in [-0.05, 0) is 24.6 Å². The van der Waals surface area contributed by atoms with Crippen molar-refractivity contribution < 1.29 is 0 Å². The minimum atomic E-state index is 0.337. The predicted molar refractivity (Wildman–Crippen MR) is 80.1 cm³/mol. The van der Waals surface area contributed by atoms with Crippen LogP contribution in [-0.2, 0) is 6.42 Å². The topological polar surface area (TPSA) is 97.4 Å². The Morgan fingerprint density at radius 1 is 1.10 bits per heavy atom. The van der Waals surface area contributed by atoms with Crippen molar-refractivity contribution >= 4 is 17.3 Å². The van der Waals surface area contributed by atoms with Crippen molar-refractivity contribution in [3.8, 4) is 12.1 Å². The zero-order valence-corrected chi connectivity index (χ0v) is 11.8. The number of anilines is 3. The van der Waals surface area contributed by atoms with Gasteiger partial charge in [0, 0.05) is 18.3 Å². The molecule has 2 rings (SSSR count). The first kappa shape index (κ1) is 14.3. The van der Waals surface area contributed by atoms with Crippen LogP contribution in [0.3, 0.4) is 0 Å². The maximum absolute atomic E-state index is 9.06. The highest BCUT2D eigenvalue weighted by Gasteiger charge is 2.10. The summed E-state index contributed by atoms with van der Waals surface area (Å²) in [7, 11) is 1.81. The van der Waals surface area contributed by atoms with Crippen molar-refractivity contribution in [3.63, 3.8) is 0 Å². The summed E-state index contributed by atoms with van der Waals surface area (Å²) in [5.74, 6) is 1.45. The fraction of sp³-hybridized carbons (Fsp3) is 0.200. The van der Waals surface area contributed by atoms with Crippen LogP contribution in [0.5, 0.6) is 0 Å². The van der Waals surface area contributed by atoms with E-state index in [1.807, 2.05) is 19.1 Å². The Morgan fingerprint density at radius 3 is 2.43 bits per heavy atom. The van der Waals surface area contributed by atoms with Crippen LogP contribution in [0.1, 0.15) is 23.6 Å². The Labute approximate surface area is 123 Å². The van der Waals surface area contributed by atoms with Gasteiger partial charge in [-0.2, -0.15) is 10.5 Å². The molecule has 0 unspecified atom stereocenters. The highest BCUT2D eigenvalue weighted by Crippen LogP contribution is 2.24. The van der Waals surface area contributed by atoms with E-state index in [1.165, 1.54) is 6.33 Å². The largest absolute Gasteiger partial charge is 0.373 e. The Bertz CT molecular complexity index is 739. The second kappa shape index (κ2) is 6.36. The van der Waals surface area contributed by atoms with Crippen LogP contribution >= 0.6 is 0 Å². The first-order valence-electron chi connectivity index (χ1n) is 6.46. The van der Waals surface area contributed by atoms with E-state index in [9.17, 15) is 0 Å². The van der Waals surface area contributed by atoms with Gasteiger partial charge in [0.1, 0.15) is 30.1 Å². The minimum Gasteiger partial charge on any atom is -0.373 e. The third kappa shape index (κ3) is 2.90. The van der Waals surface area contributed by atoms with E-state index in [1.54, 1.807) is 25.2 Å². The summed E-state index contributed by atoms with van der Waals surface area (Å²) < 4.78 is 0. The number of nitrogens with one attached hydrogen (secondary N) is 2. The monoisotopic (exact) mass is 278 g/mol. The summed E-state index contributed by atoms with van der Waals surface area (Å²) in [5.41, 5.74) is 2.37. The zero-order chi connectivity index (χ0) is 15.2. The number of nitriles is 2. The first-order valence-corrected chi connectivity index (χ1v) is 6.46. The number of hydrogen-bond donors (Lipinski definition) is 2. The summed E-state index contributed by atoms with van der Waals surface area (Å²) in [6.45, 7) is 2.02. The van der Waals surface area contributed by atoms with Crippen LogP contribution in [-0.4, -0.2) is 17.0 Å². The van der Waals surface area contributed by atoms with E-state index in [-0.39, 0.29) is 0 Å². The molecule has 104 valence electrons. The number of rotatable bonds is 4. The van der Waals surface area contributed by atoms with Crippen LogP contribution in [0.2, 0.25) is 0 Å². The SMILES string of the molecule is CCc1c(NC)ncnc1Nc1ccc(C#N)c(C#N)c1. The molecule has 0 aliphatic heterocycles. The lowest BCUT2D eigenvalue weighted by Gasteiger charge is -2.13. The van der Waals surface area contributed by atoms with Gasteiger partial charge in [-0.25, -0.2) is 9.97 Å². The van der Waals surface area contributed by atoms with Gasteiger partial charge in [0.05, 0.1) is 11.1 Å². The first-order chi connectivity index (χ1) is 10.2. The number of hydrogen-bond acceptors (Lipinski definition) is 6. The van der Waals surface area contributed by atoms with Crippen LogP contribution in [0, 0.1) is 22.7 Å². The van der Waals surface area contributed by atoms with Gasteiger partial charge in [0.15, 0.2) is 0 Å². The van der Waals surface area contributed by atoms with E-state index >= 15 is 0 Å². The van der Waals surface area contributed by atoms with Gasteiger partial charge in [-0.3, -0.25) is 0 Å². The average Bonchev–Trinajstić information content (AvgIpc) is 2.54. The smallest absolute Gasteiger partial charge is 0.139 e. The maximum atomic E-state index is 9.06. The lowest BCUT2D eigenvalue weighted by atomic mass is 10.1. The third-order valence-corrected chi connectivity index (χ3v) is 3.06. The molecular weight excluding hydrogens is 264 g/mol. The third-order valence-electron chi connectivity index (χ3n) is 3.06. The summed E-state index contributed by atoms with van der Waals surface area (Å²) >= 11 is 0. The van der Waals surface area contributed by atoms with Crippen LogP contribution in [0.4, 0.5) is 17.3 Å². The molecule has 2 N–H and O–H groups in total. The van der Waals surface area contributed by atoms with Gasteiger partial charge in [0.2, 0.25) is 0 Å². The van der Waals surface area contributed by atoms with Crippen LogP contribution in [0.15, 0.2) is 24.5 Å². The molecule has 1 heterocycles. The fourth-order valence-corrected chi connectivity index (χ4v) is 2.02. The second-order valence-electron chi connectivity index (χ2n) is 4.26. The van der Waals surface area contributed by atoms with Crippen LogP contribution < -0.4 is 10.6 Å². The van der Waals surface area contributed by atoms with Crippen LogP contribution in [0.25, 0.3) is 0 Å². The Morgan fingerprint density at radius 2 is 1.81 bits per heavy atom. The second-order valence-corrected chi connectivity index (χ2v) is 4.26. The lowest BCUT2D eigenvalue weighted by molar-refractivity contribution is 1.05. The molecule has 0 saturated heterocycles. The Hall–Kier alpha value is -3.12. The molecular formula is C15H14N6. The van der Waals surface area contributed by atoms with Crippen molar-refractivity contribution in [1.29, 1.82) is 10.5 Å². The molecule has 1 aromatic heterocycles. The molecule has 0 fully saturated rings. The summed E-state index contributed by atoms with van der Waals surface area (Å²) in [4.78, 5) is 8.42. The van der Waals surface area contributed by atoms with Crippen molar-refractivity contribution in [2.45, 2.75) is 13.3 Å². The maximum Gasteiger partial charge on any atom is 0.139 e. The normalized spacial score (nSPS) is 9.52. The molecule has 0 spiro atoms. The molecule has 0 amide bonds. The standard InChI is InChI=1S/C15H14N6/c1-3-13-14(18-2)19-9-20-15(13)21-12-5-4-10(7-16)11(6-12)8-17/h4-6,9H,3H2,1-2H3,(H2,18,19,20,21). The molecule has 6 nitrogen and oxygen atoms in total. The number of benzene rings is 1. The minimum absolute atomic E-state index is 0.337. The molecule has 2 aromatic rings. The van der Waals surface area contributed by atoms with Crippen molar-refractivity contribution in [2.24, 2.45) is 0 Å². The van der Waals surface area contributed by atoms with Crippen molar-refractivity contribution in [2.75, 3.05) is 17.7 Å². The molecule has 0 aliphatic rings. The molecule has 1 aromatic carbocycles. The van der Waals surface area contributed by atoms with E-state index in [0.717, 1.165) is 17.8 Å². The van der Waals surface area contributed by atoms with Gasteiger partial charge in [-0.1, -0.05) is 6.92 Å². The molecule has 0 radical (unpaired) electrons. The zero-order valence-electron chi connectivity index (χ0n) is 11.8. The average molecular weight is 278 g/mol. The summed E-state index contributed by atoms with van der Waals surface area (Å²) in [6.07, 6.45) is 2.24. The quantitative estimate of drug-likeness (QED) is 0.892. The number of nitrogens with zero attached hydrogens (tertiary/aromatic N) is 4. The highest BCUT2D eigenvalue weighted by molar-refractivity contribution is 5.67. The molecule has 21 heavy (non-hydrogen) atoms.